The second-order valence-corrected chi connectivity index (χ2v) is 5.06. The van der Waals surface area contributed by atoms with Crippen molar-refractivity contribution in [3.8, 4) is 0 Å². The smallest absolute Gasteiger partial charge is 0.147 e. The number of rotatable bonds is 2. The van der Waals surface area contributed by atoms with Gasteiger partial charge in [-0.05, 0) is 39.8 Å². The van der Waals surface area contributed by atoms with Crippen LogP contribution in [0.2, 0.25) is 5.15 Å². The Morgan fingerprint density at radius 3 is 2.56 bits per heavy atom. The summed E-state index contributed by atoms with van der Waals surface area (Å²) in [5, 5.41) is 0.504. The first-order valence-corrected chi connectivity index (χ1v) is 6.26. The summed E-state index contributed by atoms with van der Waals surface area (Å²) < 4.78 is 0. The molecule has 0 saturated carbocycles. The SMILES string of the molecule is CC(C)N1CCC(c2cncc(Cl)n2)CC1. The Morgan fingerprint density at radius 2 is 2.00 bits per heavy atom. The van der Waals surface area contributed by atoms with E-state index in [0.717, 1.165) is 31.6 Å². The highest BCUT2D eigenvalue weighted by molar-refractivity contribution is 6.29. The summed E-state index contributed by atoms with van der Waals surface area (Å²) in [6, 6.07) is 0.645. The summed E-state index contributed by atoms with van der Waals surface area (Å²) in [5.74, 6) is 0.529. The van der Waals surface area contributed by atoms with Gasteiger partial charge in [0.1, 0.15) is 5.15 Å². The average Bonchev–Trinajstić information content (AvgIpc) is 2.29. The minimum Gasteiger partial charge on any atom is -0.301 e. The van der Waals surface area contributed by atoms with Crippen LogP contribution in [-0.2, 0) is 0 Å². The molecule has 2 heterocycles. The number of piperidine rings is 1. The molecule has 1 aromatic heterocycles. The zero-order chi connectivity index (χ0) is 11.5. The molecule has 0 amide bonds. The Bertz CT molecular complexity index is 346. The summed E-state index contributed by atoms with van der Waals surface area (Å²) in [5.41, 5.74) is 1.05. The highest BCUT2D eigenvalue weighted by atomic mass is 35.5. The summed E-state index contributed by atoms with van der Waals surface area (Å²) in [6.07, 6.45) is 5.76. The normalized spacial score (nSPS) is 19.2. The number of halogens is 1. The third kappa shape index (κ3) is 2.71. The average molecular weight is 240 g/mol. The Labute approximate surface area is 102 Å². The first kappa shape index (κ1) is 11.8. The molecule has 88 valence electrons. The van der Waals surface area contributed by atoms with Crippen LogP contribution in [0.1, 0.15) is 38.3 Å². The third-order valence-electron chi connectivity index (χ3n) is 3.30. The highest BCUT2D eigenvalue weighted by Crippen LogP contribution is 2.27. The van der Waals surface area contributed by atoms with Crippen LogP contribution in [0.15, 0.2) is 12.4 Å². The van der Waals surface area contributed by atoms with Gasteiger partial charge in [0.2, 0.25) is 0 Å². The number of nitrogens with zero attached hydrogens (tertiary/aromatic N) is 3. The molecule has 1 fully saturated rings. The standard InChI is InChI=1S/C12H18ClN3/c1-9(2)16-5-3-10(4-6-16)11-7-14-8-12(13)15-11/h7-10H,3-6H2,1-2H3. The van der Waals surface area contributed by atoms with Crippen LogP contribution in [0.25, 0.3) is 0 Å². The molecular weight excluding hydrogens is 222 g/mol. The second-order valence-electron chi connectivity index (χ2n) is 4.67. The predicted molar refractivity (Wildman–Crippen MR) is 65.7 cm³/mol. The molecule has 0 atom stereocenters. The number of likely N-dealkylation sites (tertiary alicyclic amines) is 1. The molecule has 0 aromatic carbocycles. The number of aromatic nitrogens is 2. The van der Waals surface area contributed by atoms with Gasteiger partial charge in [-0.1, -0.05) is 11.6 Å². The van der Waals surface area contributed by atoms with E-state index in [2.05, 4.69) is 28.7 Å². The van der Waals surface area contributed by atoms with Crippen LogP contribution in [0.4, 0.5) is 0 Å². The van der Waals surface area contributed by atoms with E-state index in [1.54, 1.807) is 6.20 Å². The molecule has 1 aliphatic heterocycles. The Balaban J connectivity index is 1.99. The van der Waals surface area contributed by atoms with Crippen molar-refractivity contribution in [2.45, 2.75) is 38.6 Å². The van der Waals surface area contributed by atoms with Crippen LogP contribution < -0.4 is 0 Å². The Morgan fingerprint density at radius 1 is 1.31 bits per heavy atom. The van der Waals surface area contributed by atoms with Crippen LogP contribution >= 0.6 is 11.6 Å². The van der Waals surface area contributed by atoms with Gasteiger partial charge >= 0.3 is 0 Å². The lowest BCUT2D eigenvalue weighted by Crippen LogP contribution is -2.38. The van der Waals surface area contributed by atoms with Crippen molar-refractivity contribution in [2.24, 2.45) is 0 Å². The Hall–Kier alpha value is -0.670. The molecule has 3 nitrogen and oxygen atoms in total. The van der Waals surface area contributed by atoms with Crippen LogP contribution in [0, 0.1) is 0 Å². The molecule has 16 heavy (non-hydrogen) atoms. The maximum absolute atomic E-state index is 5.86. The van der Waals surface area contributed by atoms with Gasteiger partial charge in [-0.2, -0.15) is 0 Å². The van der Waals surface area contributed by atoms with Crippen molar-refractivity contribution in [1.29, 1.82) is 0 Å². The summed E-state index contributed by atoms with van der Waals surface area (Å²) in [4.78, 5) is 11.0. The maximum Gasteiger partial charge on any atom is 0.147 e. The molecule has 0 radical (unpaired) electrons. The zero-order valence-corrected chi connectivity index (χ0v) is 10.6. The van der Waals surface area contributed by atoms with Crippen LogP contribution in [0.5, 0.6) is 0 Å². The van der Waals surface area contributed by atoms with E-state index >= 15 is 0 Å². The van der Waals surface area contributed by atoms with E-state index in [1.807, 2.05) is 6.20 Å². The first-order chi connectivity index (χ1) is 7.66. The number of hydrogen-bond acceptors (Lipinski definition) is 3. The fraction of sp³-hybridized carbons (Fsp3) is 0.667. The summed E-state index contributed by atoms with van der Waals surface area (Å²) in [6.45, 7) is 6.80. The Kier molecular flexibility index (Phi) is 3.77. The van der Waals surface area contributed by atoms with E-state index in [1.165, 1.54) is 0 Å². The molecule has 1 saturated heterocycles. The van der Waals surface area contributed by atoms with Crippen molar-refractivity contribution in [3.63, 3.8) is 0 Å². The molecular formula is C12H18ClN3. The zero-order valence-electron chi connectivity index (χ0n) is 9.86. The topological polar surface area (TPSA) is 29.0 Å². The largest absolute Gasteiger partial charge is 0.301 e. The molecule has 1 aliphatic rings. The molecule has 0 aliphatic carbocycles. The predicted octanol–water partition coefficient (Wildman–Crippen LogP) is 2.72. The quantitative estimate of drug-likeness (QED) is 0.795. The number of hydrogen-bond donors (Lipinski definition) is 0. The van der Waals surface area contributed by atoms with Gasteiger partial charge in [0.15, 0.2) is 0 Å². The molecule has 0 bridgehead atoms. The van der Waals surface area contributed by atoms with Crippen molar-refractivity contribution in [2.75, 3.05) is 13.1 Å². The summed E-state index contributed by atoms with van der Waals surface area (Å²) in [7, 11) is 0. The lowest BCUT2D eigenvalue weighted by atomic mass is 9.93. The van der Waals surface area contributed by atoms with E-state index in [4.69, 9.17) is 11.6 Å². The fourth-order valence-corrected chi connectivity index (χ4v) is 2.42. The highest BCUT2D eigenvalue weighted by Gasteiger charge is 2.23. The van der Waals surface area contributed by atoms with Crippen molar-refractivity contribution in [1.82, 2.24) is 14.9 Å². The molecule has 0 spiro atoms. The lowest BCUT2D eigenvalue weighted by Gasteiger charge is -2.34. The van der Waals surface area contributed by atoms with E-state index in [9.17, 15) is 0 Å². The monoisotopic (exact) mass is 239 g/mol. The maximum atomic E-state index is 5.86. The van der Waals surface area contributed by atoms with Gasteiger partial charge in [0.25, 0.3) is 0 Å². The van der Waals surface area contributed by atoms with Crippen molar-refractivity contribution in [3.05, 3.63) is 23.2 Å². The van der Waals surface area contributed by atoms with Crippen LogP contribution in [-0.4, -0.2) is 34.0 Å². The molecule has 2 rings (SSSR count). The molecule has 4 heteroatoms. The fourth-order valence-electron chi connectivity index (χ4n) is 2.26. The summed E-state index contributed by atoms with van der Waals surface area (Å²) >= 11 is 5.86. The molecule has 0 N–H and O–H groups in total. The van der Waals surface area contributed by atoms with E-state index in [0.29, 0.717) is 17.1 Å². The van der Waals surface area contributed by atoms with Gasteiger partial charge < -0.3 is 4.90 Å². The minimum atomic E-state index is 0.504. The van der Waals surface area contributed by atoms with Crippen molar-refractivity contribution < 1.29 is 0 Å². The lowest BCUT2D eigenvalue weighted by molar-refractivity contribution is 0.170. The minimum absolute atomic E-state index is 0.504. The van der Waals surface area contributed by atoms with Gasteiger partial charge in [-0.25, -0.2) is 4.98 Å². The van der Waals surface area contributed by atoms with Gasteiger partial charge in [-0.15, -0.1) is 0 Å². The second kappa shape index (κ2) is 5.11. The van der Waals surface area contributed by atoms with Crippen LogP contribution in [0.3, 0.4) is 0 Å². The first-order valence-electron chi connectivity index (χ1n) is 5.88. The molecule has 1 aromatic rings. The third-order valence-corrected chi connectivity index (χ3v) is 3.48. The van der Waals surface area contributed by atoms with E-state index < -0.39 is 0 Å². The van der Waals surface area contributed by atoms with Gasteiger partial charge in [0.05, 0.1) is 11.9 Å². The van der Waals surface area contributed by atoms with Gasteiger partial charge in [0, 0.05) is 18.2 Å². The van der Waals surface area contributed by atoms with Crippen molar-refractivity contribution >= 4 is 11.6 Å². The van der Waals surface area contributed by atoms with Gasteiger partial charge in [-0.3, -0.25) is 4.98 Å². The van der Waals surface area contributed by atoms with E-state index in [-0.39, 0.29) is 0 Å². The molecule has 0 unspecified atom stereocenters.